The van der Waals surface area contributed by atoms with Gasteiger partial charge in [0.2, 0.25) is 21.8 Å². The van der Waals surface area contributed by atoms with E-state index in [0.29, 0.717) is 41.7 Å². The van der Waals surface area contributed by atoms with Crippen LogP contribution in [0.15, 0.2) is 41.3 Å². The first-order valence-electron chi connectivity index (χ1n) is 10.9. The summed E-state index contributed by atoms with van der Waals surface area (Å²) >= 11 is 6.02. The molecule has 2 heterocycles. The Labute approximate surface area is 198 Å². The van der Waals surface area contributed by atoms with Crippen LogP contribution < -0.4 is 15.0 Å². The molecule has 0 aromatic heterocycles. The number of piperidine rings is 1. The first kappa shape index (κ1) is 23.5. The fraction of sp³-hybridized carbons (Fsp3) is 0.391. The lowest BCUT2D eigenvalue weighted by atomic mass is 10.0. The van der Waals surface area contributed by atoms with Crippen molar-refractivity contribution < 1.29 is 22.7 Å². The lowest BCUT2D eigenvalue weighted by molar-refractivity contribution is -0.121. The van der Waals surface area contributed by atoms with Gasteiger partial charge in [-0.25, -0.2) is 8.42 Å². The number of methoxy groups -OCH3 is 1. The molecule has 0 bridgehead atoms. The quantitative estimate of drug-likeness (QED) is 0.667. The van der Waals surface area contributed by atoms with Crippen LogP contribution in [-0.2, 0) is 26.0 Å². The molecule has 2 aromatic rings. The largest absolute Gasteiger partial charge is 0.495 e. The normalized spacial score (nSPS) is 16.9. The average molecular weight is 492 g/mol. The van der Waals surface area contributed by atoms with Gasteiger partial charge in [0.1, 0.15) is 12.3 Å². The zero-order valence-corrected chi connectivity index (χ0v) is 19.9. The molecular weight excluding hydrogens is 466 g/mol. The molecule has 1 N–H and O–H groups in total. The third kappa shape index (κ3) is 5.00. The van der Waals surface area contributed by atoms with Crippen molar-refractivity contribution in [3.8, 4) is 5.75 Å². The van der Waals surface area contributed by atoms with Gasteiger partial charge in [-0.3, -0.25) is 9.59 Å². The number of sulfonamides is 1. The van der Waals surface area contributed by atoms with E-state index in [4.69, 9.17) is 16.3 Å². The predicted octanol–water partition coefficient (Wildman–Crippen LogP) is 3.44. The van der Waals surface area contributed by atoms with Crippen LogP contribution in [0.3, 0.4) is 0 Å². The van der Waals surface area contributed by atoms with Crippen LogP contribution in [0.1, 0.15) is 31.2 Å². The Hall–Kier alpha value is -2.62. The zero-order chi connectivity index (χ0) is 23.6. The van der Waals surface area contributed by atoms with Crippen LogP contribution in [0.4, 0.5) is 11.4 Å². The van der Waals surface area contributed by atoms with E-state index in [-0.39, 0.29) is 23.8 Å². The number of aryl methyl sites for hydroxylation is 1. The van der Waals surface area contributed by atoms with E-state index in [2.05, 4.69) is 5.32 Å². The van der Waals surface area contributed by atoms with Crippen LogP contribution in [0, 0.1) is 0 Å². The predicted molar refractivity (Wildman–Crippen MR) is 126 cm³/mol. The molecule has 2 aromatic carbocycles. The van der Waals surface area contributed by atoms with Crippen molar-refractivity contribution in [2.45, 2.75) is 37.0 Å². The third-order valence-corrected chi connectivity index (χ3v) is 8.07. The maximum absolute atomic E-state index is 13.0. The fourth-order valence-corrected chi connectivity index (χ4v) is 5.98. The molecule has 0 unspecified atom stereocenters. The van der Waals surface area contributed by atoms with Gasteiger partial charge in [0.05, 0.1) is 17.7 Å². The summed E-state index contributed by atoms with van der Waals surface area (Å²) < 4.78 is 32.9. The smallest absolute Gasteiger partial charge is 0.244 e. The second kappa shape index (κ2) is 9.70. The van der Waals surface area contributed by atoms with Crippen molar-refractivity contribution in [1.82, 2.24) is 4.31 Å². The maximum atomic E-state index is 13.0. The number of nitrogens with one attached hydrogen (secondary N) is 1. The van der Waals surface area contributed by atoms with Crippen LogP contribution in [0.25, 0.3) is 0 Å². The Bertz CT molecular complexity index is 1180. The molecule has 1 fully saturated rings. The summed E-state index contributed by atoms with van der Waals surface area (Å²) in [7, 11) is -2.09. The van der Waals surface area contributed by atoms with Crippen molar-refractivity contribution in [2.75, 3.05) is 37.0 Å². The Balaban J connectivity index is 1.55. The van der Waals surface area contributed by atoms with Crippen LogP contribution in [0.2, 0.25) is 5.02 Å². The van der Waals surface area contributed by atoms with Gasteiger partial charge in [0.25, 0.3) is 0 Å². The zero-order valence-electron chi connectivity index (χ0n) is 18.3. The van der Waals surface area contributed by atoms with Crippen molar-refractivity contribution in [2.24, 2.45) is 0 Å². The maximum Gasteiger partial charge on any atom is 0.244 e. The number of ether oxygens (including phenoxy) is 1. The lowest BCUT2D eigenvalue weighted by Crippen LogP contribution is -2.41. The van der Waals surface area contributed by atoms with Crippen molar-refractivity contribution in [3.63, 3.8) is 0 Å². The topological polar surface area (TPSA) is 96.0 Å². The van der Waals surface area contributed by atoms with E-state index in [1.54, 1.807) is 30.3 Å². The third-order valence-electron chi connectivity index (χ3n) is 5.94. The number of rotatable bonds is 6. The van der Waals surface area contributed by atoms with Gasteiger partial charge in [-0.15, -0.1) is 0 Å². The summed E-state index contributed by atoms with van der Waals surface area (Å²) in [6.45, 7) is 0.841. The molecule has 2 amide bonds. The van der Waals surface area contributed by atoms with Crippen LogP contribution >= 0.6 is 11.6 Å². The van der Waals surface area contributed by atoms with Crippen molar-refractivity contribution in [3.05, 3.63) is 47.0 Å². The summed E-state index contributed by atoms with van der Waals surface area (Å²) in [4.78, 5) is 27.0. The molecule has 4 rings (SSSR count). The molecule has 1 saturated heterocycles. The highest BCUT2D eigenvalue weighted by molar-refractivity contribution is 7.89. The molecule has 33 heavy (non-hydrogen) atoms. The highest BCUT2D eigenvalue weighted by Gasteiger charge is 2.30. The second-order valence-electron chi connectivity index (χ2n) is 8.13. The number of anilines is 2. The SMILES string of the molecule is COc1ccc(Cl)cc1NC(=O)CN1C(=O)CCc2cc(S(=O)(=O)N3CCCCC3)ccc21. The van der Waals surface area contributed by atoms with E-state index >= 15 is 0 Å². The number of hydrogen-bond donors (Lipinski definition) is 1. The summed E-state index contributed by atoms with van der Waals surface area (Å²) in [6, 6.07) is 9.64. The molecule has 0 radical (unpaired) electrons. The minimum Gasteiger partial charge on any atom is -0.495 e. The standard InChI is InChI=1S/C23H26ClN3O5S/c1-32-21-9-6-17(24)14-19(21)25-22(28)15-27-20-8-7-18(13-16(20)5-10-23(27)29)33(30,31)26-11-3-2-4-12-26/h6-9,13-14H,2-5,10-12,15H2,1H3,(H,25,28). The minimum absolute atomic E-state index is 0.192. The molecule has 0 aliphatic carbocycles. The Morgan fingerprint density at radius 3 is 2.58 bits per heavy atom. The molecule has 8 nitrogen and oxygen atoms in total. The fourth-order valence-electron chi connectivity index (χ4n) is 4.24. The highest BCUT2D eigenvalue weighted by Crippen LogP contribution is 2.32. The number of carbonyl (C=O) groups is 2. The van der Waals surface area contributed by atoms with Gasteiger partial charge < -0.3 is 15.0 Å². The number of halogens is 1. The Kier molecular flexibility index (Phi) is 6.92. The number of benzene rings is 2. The van der Waals surface area contributed by atoms with E-state index in [0.717, 1.165) is 24.8 Å². The van der Waals surface area contributed by atoms with Gasteiger partial charge in [-0.2, -0.15) is 4.31 Å². The Morgan fingerprint density at radius 1 is 1.09 bits per heavy atom. The first-order chi connectivity index (χ1) is 15.8. The molecule has 0 atom stereocenters. The molecule has 0 spiro atoms. The molecule has 0 saturated carbocycles. The highest BCUT2D eigenvalue weighted by atomic mass is 35.5. The summed E-state index contributed by atoms with van der Waals surface area (Å²) in [6.07, 6.45) is 3.39. The lowest BCUT2D eigenvalue weighted by Gasteiger charge is -2.30. The summed E-state index contributed by atoms with van der Waals surface area (Å²) in [5, 5.41) is 3.17. The number of amides is 2. The number of nitrogens with zero attached hydrogens (tertiary/aromatic N) is 2. The van der Waals surface area contributed by atoms with E-state index in [9.17, 15) is 18.0 Å². The van der Waals surface area contributed by atoms with Crippen molar-refractivity contribution in [1.29, 1.82) is 0 Å². The van der Waals surface area contributed by atoms with Gasteiger partial charge in [0.15, 0.2) is 0 Å². The summed E-state index contributed by atoms with van der Waals surface area (Å²) in [5.41, 5.74) is 1.69. The monoisotopic (exact) mass is 491 g/mol. The van der Waals surface area contributed by atoms with Crippen LogP contribution in [-0.4, -0.2) is 51.3 Å². The van der Waals surface area contributed by atoms with Gasteiger partial charge >= 0.3 is 0 Å². The van der Waals surface area contributed by atoms with Gasteiger partial charge in [-0.1, -0.05) is 18.0 Å². The second-order valence-corrected chi connectivity index (χ2v) is 10.5. The molecular formula is C23H26ClN3O5S. The van der Waals surface area contributed by atoms with E-state index < -0.39 is 15.9 Å². The molecule has 2 aliphatic heterocycles. The first-order valence-corrected chi connectivity index (χ1v) is 12.7. The van der Waals surface area contributed by atoms with Gasteiger partial charge in [-0.05, 0) is 61.2 Å². The van der Waals surface area contributed by atoms with E-state index in [1.165, 1.54) is 22.4 Å². The number of carbonyl (C=O) groups excluding carboxylic acids is 2. The number of hydrogen-bond acceptors (Lipinski definition) is 5. The average Bonchev–Trinajstić information content (AvgIpc) is 2.81. The Morgan fingerprint density at radius 2 is 1.85 bits per heavy atom. The summed E-state index contributed by atoms with van der Waals surface area (Å²) in [5.74, 6) is -0.158. The van der Waals surface area contributed by atoms with E-state index in [1.807, 2.05) is 0 Å². The van der Waals surface area contributed by atoms with Gasteiger partial charge in [0, 0.05) is 30.2 Å². The minimum atomic E-state index is -3.58. The molecule has 176 valence electrons. The number of fused-ring (bicyclic) bond motifs is 1. The van der Waals surface area contributed by atoms with Crippen LogP contribution in [0.5, 0.6) is 5.75 Å². The van der Waals surface area contributed by atoms with Crippen molar-refractivity contribution >= 4 is 44.8 Å². The molecule has 2 aliphatic rings. The molecule has 10 heteroatoms.